The molecule has 1 saturated heterocycles. The van der Waals surface area contributed by atoms with Gasteiger partial charge < -0.3 is 9.47 Å². The molecule has 1 aliphatic rings. The van der Waals surface area contributed by atoms with E-state index in [9.17, 15) is 4.79 Å². The Morgan fingerprint density at radius 1 is 1.64 bits per heavy atom. The molecule has 0 aliphatic carbocycles. The number of ketones is 1. The smallest absolute Gasteiger partial charge is 0.188 e. The van der Waals surface area contributed by atoms with Gasteiger partial charge in [-0.25, -0.2) is 0 Å². The second-order valence-electron chi connectivity index (χ2n) is 3.17. The van der Waals surface area contributed by atoms with Gasteiger partial charge in [-0.1, -0.05) is 0 Å². The van der Waals surface area contributed by atoms with Crippen LogP contribution in [0.4, 0.5) is 0 Å². The lowest BCUT2D eigenvalue weighted by molar-refractivity contribution is -0.0408. The van der Waals surface area contributed by atoms with Crippen molar-refractivity contribution in [2.24, 2.45) is 7.05 Å². The summed E-state index contributed by atoms with van der Waals surface area (Å²) in [6.07, 6.45) is 1.60. The monoisotopic (exact) mass is 196 g/mol. The summed E-state index contributed by atoms with van der Waals surface area (Å²) in [7, 11) is 1.78. The number of nitrogens with zero attached hydrogens (tertiary/aromatic N) is 2. The van der Waals surface area contributed by atoms with E-state index in [1.807, 2.05) is 0 Å². The number of rotatable bonds is 3. The summed E-state index contributed by atoms with van der Waals surface area (Å²) >= 11 is 0. The Bertz CT molecular complexity index is 329. The van der Waals surface area contributed by atoms with Crippen molar-refractivity contribution in [3.8, 4) is 0 Å². The fourth-order valence-corrected chi connectivity index (χ4v) is 1.34. The van der Waals surface area contributed by atoms with Gasteiger partial charge in [-0.15, -0.1) is 0 Å². The van der Waals surface area contributed by atoms with Crippen molar-refractivity contribution in [3.05, 3.63) is 18.0 Å². The van der Waals surface area contributed by atoms with E-state index in [4.69, 9.17) is 9.47 Å². The Balaban J connectivity index is 1.95. The average molecular weight is 196 g/mol. The molecular weight excluding hydrogens is 184 g/mol. The molecule has 0 aromatic carbocycles. The number of ether oxygens (including phenoxy) is 2. The molecular formula is C9H12N2O3. The lowest BCUT2D eigenvalue weighted by Gasteiger charge is -2.05. The van der Waals surface area contributed by atoms with Crippen LogP contribution in [0, 0.1) is 0 Å². The molecule has 0 bridgehead atoms. The van der Waals surface area contributed by atoms with Gasteiger partial charge in [-0.3, -0.25) is 9.48 Å². The van der Waals surface area contributed by atoms with Crippen LogP contribution in [0.1, 0.15) is 16.9 Å². The van der Waals surface area contributed by atoms with E-state index in [1.165, 1.54) is 0 Å². The van der Waals surface area contributed by atoms with Crippen LogP contribution in [0.25, 0.3) is 0 Å². The molecule has 2 rings (SSSR count). The number of aryl methyl sites for hydroxylation is 1. The van der Waals surface area contributed by atoms with Crippen LogP contribution in [0.5, 0.6) is 0 Å². The molecule has 0 amide bonds. The summed E-state index contributed by atoms with van der Waals surface area (Å²) in [6.45, 7) is 1.14. The maximum atomic E-state index is 11.6. The lowest BCUT2D eigenvalue weighted by atomic mass is 10.2. The first-order valence-electron chi connectivity index (χ1n) is 4.52. The fourth-order valence-electron chi connectivity index (χ4n) is 1.34. The molecule has 5 heteroatoms. The number of hydrogen-bond donors (Lipinski definition) is 0. The molecule has 2 heterocycles. The molecule has 5 nitrogen and oxygen atoms in total. The maximum Gasteiger partial charge on any atom is 0.188 e. The van der Waals surface area contributed by atoms with Gasteiger partial charge in [0.2, 0.25) is 0 Å². The normalized spacial score (nSPS) is 17.5. The van der Waals surface area contributed by atoms with Crippen molar-refractivity contribution in [1.29, 1.82) is 0 Å². The van der Waals surface area contributed by atoms with E-state index in [1.54, 1.807) is 24.0 Å². The van der Waals surface area contributed by atoms with Crippen molar-refractivity contribution in [2.45, 2.75) is 12.7 Å². The van der Waals surface area contributed by atoms with Crippen molar-refractivity contribution >= 4 is 5.78 Å². The van der Waals surface area contributed by atoms with Gasteiger partial charge in [0.25, 0.3) is 0 Å². The maximum absolute atomic E-state index is 11.6. The van der Waals surface area contributed by atoms with E-state index in [0.29, 0.717) is 18.9 Å². The van der Waals surface area contributed by atoms with Crippen LogP contribution < -0.4 is 0 Å². The van der Waals surface area contributed by atoms with Gasteiger partial charge in [0.15, 0.2) is 12.1 Å². The minimum Gasteiger partial charge on any atom is -0.350 e. The summed E-state index contributed by atoms with van der Waals surface area (Å²) in [5, 5.41) is 4.01. The first-order valence-corrected chi connectivity index (χ1v) is 4.52. The third kappa shape index (κ3) is 2.00. The zero-order valence-corrected chi connectivity index (χ0v) is 7.97. The van der Waals surface area contributed by atoms with Gasteiger partial charge in [0.05, 0.1) is 19.6 Å². The summed E-state index contributed by atoms with van der Waals surface area (Å²) in [5.41, 5.74) is 0.464. The molecule has 1 aromatic heterocycles. The summed E-state index contributed by atoms with van der Waals surface area (Å²) in [5.74, 6) is -0.0440. The topological polar surface area (TPSA) is 53.4 Å². The number of aromatic nitrogens is 2. The minimum absolute atomic E-state index is 0.0440. The molecule has 76 valence electrons. The second-order valence-corrected chi connectivity index (χ2v) is 3.17. The SMILES string of the molecule is Cn1ccc(C(=O)CC2OCCO2)n1. The highest BCUT2D eigenvalue weighted by Crippen LogP contribution is 2.11. The van der Waals surface area contributed by atoms with Gasteiger partial charge in [-0.05, 0) is 6.07 Å². The van der Waals surface area contributed by atoms with Crippen molar-refractivity contribution < 1.29 is 14.3 Å². The highest BCUT2D eigenvalue weighted by Gasteiger charge is 2.21. The molecule has 0 saturated carbocycles. The Hall–Kier alpha value is -1.20. The first-order chi connectivity index (χ1) is 6.75. The van der Waals surface area contributed by atoms with Gasteiger partial charge in [-0.2, -0.15) is 5.10 Å². The summed E-state index contributed by atoms with van der Waals surface area (Å²) in [4.78, 5) is 11.6. The number of Topliss-reactive ketones (excluding diaryl/α,β-unsaturated/α-hetero) is 1. The standard InChI is InChI=1S/C9H12N2O3/c1-11-3-2-7(10-11)8(12)6-9-13-4-5-14-9/h2-3,9H,4-6H2,1H3. The second kappa shape index (κ2) is 3.89. The molecule has 1 fully saturated rings. The highest BCUT2D eigenvalue weighted by molar-refractivity contribution is 5.94. The van der Waals surface area contributed by atoms with Crippen LogP contribution in [0.15, 0.2) is 12.3 Å². The molecule has 0 N–H and O–H groups in total. The molecule has 0 radical (unpaired) electrons. The van der Waals surface area contributed by atoms with Crippen molar-refractivity contribution in [3.63, 3.8) is 0 Å². The van der Waals surface area contributed by atoms with Crippen LogP contribution in [0.3, 0.4) is 0 Å². The number of carbonyl (C=O) groups excluding carboxylic acids is 1. The van der Waals surface area contributed by atoms with Gasteiger partial charge in [0.1, 0.15) is 5.69 Å². The van der Waals surface area contributed by atoms with E-state index < -0.39 is 0 Å². The summed E-state index contributed by atoms with van der Waals surface area (Å²) in [6, 6.07) is 1.69. The molecule has 14 heavy (non-hydrogen) atoms. The van der Waals surface area contributed by atoms with E-state index >= 15 is 0 Å². The lowest BCUT2D eigenvalue weighted by Crippen LogP contribution is -2.15. The Morgan fingerprint density at radius 3 is 2.93 bits per heavy atom. The summed E-state index contributed by atoms with van der Waals surface area (Å²) < 4.78 is 11.9. The first kappa shape index (κ1) is 9.36. The zero-order chi connectivity index (χ0) is 9.97. The van der Waals surface area contributed by atoms with E-state index in [2.05, 4.69) is 5.10 Å². The fraction of sp³-hybridized carbons (Fsp3) is 0.556. The van der Waals surface area contributed by atoms with Crippen molar-refractivity contribution in [2.75, 3.05) is 13.2 Å². The third-order valence-electron chi connectivity index (χ3n) is 2.04. The zero-order valence-electron chi connectivity index (χ0n) is 7.97. The minimum atomic E-state index is -0.385. The highest BCUT2D eigenvalue weighted by atomic mass is 16.7. The van der Waals surface area contributed by atoms with E-state index in [0.717, 1.165) is 0 Å². The Morgan fingerprint density at radius 2 is 2.36 bits per heavy atom. The quantitative estimate of drug-likeness (QED) is 0.655. The predicted molar refractivity (Wildman–Crippen MR) is 47.8 cm³/mol. The molecule has 1 aliphatic heterocycles. The van der Waals surface area contributed by atoms with Gasteiger partial charge in [0, 0.05) is 13.2 Å². The Labute approximate surface area is 81.6 Å². The van der Waals surface area contributed by atoms with Crippen molar-refractivity contribution in [1.82, 2.24) is 9.78 Å². The number of hydrogen-bond acceptors (Lipinski definition) is 4. The third-order valence-corrected chi connectivity index (χ3v) is 2.04. The van der Waals surface area contributed by atoms with Crippen LogP contribution in [0.2, 0.25) is 0 Å². The number of carbonyl (C=O) groups is 1. The van der Waals surface area contributed by atoms with E-state index in [-0.39, 0.29) is 18.5 Å². The van der Waals surface area contributed by atoms with Crippen LogP contribution >= 0.6 is 0 Å². The van der Waals surface area contributed by atoms with Crippen LogP contribution in [-0.4, -0.2) is 35.1 Å². The van der Waals surface area contributed by atoms with Crippen LogP contribution in [-0.2, 0) is 16.5 Å². The van der Waals surface area contributed by atoms with Gasteiger partial charge >= 0.3 is 0 Å². The molecule has 0 spiro atoms. The Kier molecular flexibility index (Phi) is 2.60. The molecule has 1 aromatic rings. The molecule has 0 unspecified atom stereocenters. The average Bonchev–Trinajstić information content (AvgIpc) is 2.75. The molecule has 0 atom stereocenters. The largest absolute Gasteiger partial charge is 0.350 e. The predicted octanol–water partition coefficient (Wildman–Crippen LogP) is 0.366.